The summed E-state index contributed by atoms with van der Waals surface area (Å²) in [4.78, 5) is 0. The summed E-state index contributed by atoms with van der Waals surface area (Å²) in [5, 5.41) is 12.4. The fourth-order valence-corrected chi connectivity index (χ4v) is 2.00. The summed E-state index contributed by atoms with van der Waals surface area (Å²) in [6.45, 7) is 5.21. The molecule has 2 N–H and O–H groups in total. The molecule has 0 aromatic heterocycles. The van der Waals surface area contributed by atoms with E-state index in [4.69, 9.17) is 19.3 Å². The molecule has 0 bridgehead atoms. The average molecular weight is 267 g/mol. The standard InChI is InChI=1S/C14H21NO4/c1-14(2,4-5-16)15-8-10-6-11(17-3)13-12(7-10)18-9-19-13/h6-7,15-16H,4-5,8-9H2,1-3H3. The van der Waals surface area contributed by atoms with E-state index >= 15 is 0 Å². The van der Waals surface area contributed by atoms with Gasteiger partial charge >= 0.3 is 0 Å². The lowest BCUT2D eigenvalue weighted by atomic mass is 10.0. The second kappa shape index (κ2) is 5.67. The second-order valence-corrected chi connectivity index (χ2v) is 5.24. The van der Waals surface area contributed by atoms with Crippen molar-refractivity contribution in [1.29, 1.82) is 0 Å². The highest BCUT2D eigenvalue weighted by molar-refractivity contribution is 5.55. The quantitative estimate of drug-likeness (QED) is 0.821. The maximum absolute atomic E-state index is 9.01. The Morgan fingerprint density at radius 2 is 2.16 bits per heavy atom. The van der Waals surface area contributed by atoms with Gasteiger partial charge in [-0.15, -0.1) is 0 Å². The molecule has 1 aliphatic heterocycles. The van der Waals surface area contributed by atoms with E-state index < -0.39 is 0 Å². The van der Waals surface area contributed by atoms with Gasteiger partial charge in [0.25, 0.3) is 0 Å². The molecule has 0 aliphatic carbocycles. The van der Waals surface area contributed by atoms with Gasteiger partial charge in [0.05, 0.1) is 7.11 Å². The summed E-state index contributed by atoms with van der Waals surface area (Å²) < 4.78 is 16.1. The van der Waals surface area contributed by atoms with E-state index in [0.29, 0.717) is 24.5 Å². The lowest BCUT2D eigenvalue weighted by Crippen LogP contribution is -2.39. The molecule has 19 heavy (non-hydrogen) atoms. The van der Waals surface area contributed by atoms with Crippen LogP contribution in [0.1, 0.15) is 25.8 Å². The van der Waals surface area contributed by atoms with Crippen molar-refractivity contribution in [3.8, 4) is 17.2 Å². The van der Waals surface area contributed by atoms with E-state index in [1.54, 1.807) is 7.11 Å². The van der Waals surface area contributed by atoms with Gasteiger partial charge in [-0.3, -0.25) is 0 Å². The van der Waals surface area contributed by atoms with Crippen LogP contribution in [0.2, 0.25) is 0 Å². The molecule has 106 valence electrons. The summed E-state index contributed by atoms with van der Waals surface area (Å²) in [6.07, 6.45) is 0.703. The molecule has 0 amide bonds. The zero-order valence-electron chi connectivity index (χ0n) is 11.7. The van der Waals surface area contributed by atoms with Gasteiger partial charge in [-0.1, -0.05) is 0 Å². The smallest absolute Gasteiger partial charge is 0.231 e. The third-order valence-electron chi connectivity index (χ3n) is 3.23. The number of methoxy groups -OCH3 is 1. The largest absolute Gasteiger partial charge is 0.493 e. The number of fused-ring (bicyclic) bond motifs is 1. The van der Waals surface area contributed by atoms with Crippen LogP contribution in [-0.2, 0) is 6.54 Å². The fraction of sp³-hybridized carbons (Fsp3) is 0.571. The summed E-state index contributed by atoms with van der Waals surface area (Å²) in [5.41, 5.74) is 0.949. The molecular weight excluding hydrogens is 246 g/mol. The zero-order valence-corrected chi connectivity index (χ0v) is 11.7. The Bertz CT molecular complexity index is 445. The van der Waals surface area contributed by atoms with Gasteiger partial charge in [0, 0.05) is 18.7 Å². The van der Waals surface area contributed by atoms with Crippen molar-refractivity contribution >= 4 is 0 Å². The van der Waals surface area contributed by atoms with E-state index in [-0.39, 0.29) is 18.9 Å². The molecule has 0 atom stereocenters. The number of rotatable bonds is 6. The summed E-state index contributed by atoms with van der Waals surface area (Å²) >= 11 is 0. The van der Waals surface area contributed by atoms with Gasteiger partial charge in [0.15, 0.2) is 11.5 Å². The van der Waals surface area contributed by atoms with Crippen LogP contribution in [-0.4, -0.2) is 31.2 Å². The van der Waals surface area contributed by atoms with E-state index in [1.165, 1.54) is 0 Å². The first-order valence-electron chi connectivity index (χ1n) is 6.38. The van der Waals surface area contributed by atoms with Crippen molar-refractivity contribution in [2.45, 2.75) is 32.4 Å². The minimum absolute atomic E-state index is 0.113. The number of aliphatic hydroxyl groups excluding tert-OH is 1. The maximum Gasteiger partial charge on any atom is 0.231 e. The average Bonchev–Trinajstić information content (AvgIpc) is 2.83. The highest BCUT2D eigenvalue weighted by atomic mass is 16.7. The Balaban J connectivity index is 2.09. The number of hydrogen-bond acceptors (Lipinski definition) is 5. The number of ether oxygens (including phenoxy) is 3. The molecule has 0 spiro atoms. The van der Waals surface area contributed by atoms with E-state index in [2.05, 4.69) is 19.2 Å². The predicted molar refractivity (Wildman–Crippen MR) is 71.7 cm³/mol. The highest BCUT2D eigenvalue weighted by Crippen LogP contribution is 2.41. The molecular formula is C14H21NO4. The first-order chi connectivity index (χ1) is 9.05. The number of nitrogens with one attached hydrogen (secondary N) is 1. The van der Waals surface area contributed by atoms with Gasteiger partial charge in [0.2, 0.25) is 12.5 Å². The van der Waals surface area contributed by atoms with Crippen molar-refractivity contribution in [3.63, 3.8) is 0 Å². The Morgan fingerprint density at radius 3 is 2.84 bits per heavy atom. The molecule has 1 heterocycles. The Morgan fingerprint density at radius 1 is 1.37 bits per heavy atom. The van der Waals surface area contributed by atoms with Crippen molar-refractivity contribution in [3.05, 3.63) is 17.7 Å². The molecule has 1 aromatic rings. The number of aliphatic hydroxyl groups is 1. The molecule has 1 aromatic carbocycles. The van der Waals surface area contributed by atoms with Crippen molar-refractivity contribution in [1.82, 2.24) is 5.32 Å². The highest BCUT2D eigenvalue weighted by Gasteiger charge is 2.21. The Labute approximate surface area is 113 Å². The van der Waals surface area contributed by atoms with Crippen molar-refractivity contribution in [2.75, 3.05) is 20.5 Å². The molecule has 5 nitrogen and oxygen atoms in total. The van der Waals surface area contributed by atoms with Crippen LogP contribution in [0.3, 0.4) is 0 Å². The Hall–Kier alpha value is -1.46. The normalized spacial score (nSPS) is 13.7. The molecule has 1 aliphatic rings. The van der Waals surface area contributed by atoms with Crippen molar-refractivity contribution in [2.24, 2.45) is 0 Å². The van der Waals surface area contributed by atoms with Crippen molar-refractivity contribution < 1.29 is 19.3 Å². The topological polar surface area (TPSA) is 60.0 Å². The zero-order chi connectivity index (χ0) is 13.9. The van der Waals surface area contributed by atoms with E-state index in [1.807, 2.05) is 12.1 Å². The monoisotopic (exact) mass is 267 g/mol. The number of benzene rings is 1. The van der Waals surface area contributed by atoms with Crippen LogP contribution in [0.4, 0.5) is 0 Å². The van der Waals surface area contributed by atoms with Gasteiger partial charge in [-0.2, -0.15) is 0 Å². The molecule has 0 fully saturated rings. The van der Waals surface area contributed by atoms with Gasteiger partial charge in [-0.05, 0) is 38.0 Å². The lowest BCUT2D eigenvalue weighted by Gasteiger charge is -2.25. The van der Waals surface area contributed by atoms with E-state index in [0.717, 1.165) is 11.3 Å². The Kier molecular flexibility index (Phi) is 4.17. The molecule has 0 unspecified atom stereocenters. The summed E-state index contributed by atoms with van der Waals surface area (Å²) in [7, 11) is 1.62. The molecule has 2 rings (SSSR count). The maximum atomic E-state index is 9.01. The van der Waals surface area contributed by atoms with E-state index in [9.17, 15) is 0 Å². The first-order valence-corrected chi connectivity index (χ1v) is 6.38. The van der Waals surface area contributed by atoms with Gasteiger partial charge < -0.3 is 24.6 Å². The predicted octanol–water partition coefficient (Wildman–Crippen LogP) is 1.67. The second-order valence-electron chi connectivity index (χ2n) is 5.24. The molecule has 0 saturated heterocycles. The minimum Gasteiger partial charge on any atom is -0.493 e. The van der Waals surface area contributed by atoms with Gasteiger partial charge in [-0.25, -0.2) is 0 Å². The van der Waals surface area contributed by atoms with Crippen LogP contribution in [0.5, 0.6) is 17.2 Å². The SMILES string of the molecule is COc1cc(CNC(C)(C)CCO)cc2c1OCO2. The molecule has 0 saturated carbocycles. The van der Waals surface area contributed by atoms with Crippen LogP contribution >= 0.6 is 0 Å². The number of hydrogen-bond donors (Lipinski definition) is 2. The third kappa shape index (κ3) is 3.30. The lowest BCUT2D eigenvalue weighted by molar-refractivity contribution is 0.171. The van der Waals surface area contributed by atoms with Crippen LogP contribution < -0.4 is 19.5 Å². The minimum atomic E-state index is -0.113. The first kappa shape index (κ1) is 14.0. The van der Waals surface area contributed by atoms with Crippen LogP contribution in [0.15, 0.2) is 12.1 Å². The van der Waals surface area contributed by atoms with Crippen LogP contribution in [0, 0.1) is 0 Å². The van der Waals surface area contributed by atoms with Crippen LogP contribution in [0.25, 0.3) is 0 Å². The summed E-state index contributed by atoms with van der Waals surface area (Å²) in [5.74, 6) is 2.07. The fourth-order valence-electron chi connectivity index (χ4n) is 2.00. The van der Waals surface area contributed by atoms with Gasteiger partial charge in [0.1, 0.15) is 0 Å². The molecule has 0 radical (unpaired) electrons. The molecule has 5 heteroatoms. The summed E-state index contributed by atoms with van der Waals surface area (Å²) in [6, 6.07) is 3.89. The third-order valence-corrected chi connectivity index (χ3v) is 3.23.